The molecule has 1 aliphatic heterocycles. The molecule has 0 bridgehead atoms. The van der Waals surface area contributed by atoms with Crippen molar-refractivity contribution < 1.29 is 14.3 Å². The summed E-state index contributed by atoms with van der Waals surface area (Å²) >= 11 is 1.36. The van der Waals surface area contributed by atoms with E-state index in [4.69, 9.17) is 9.47 Å². The third-order valence-corrected chi connectivity index (χ3v) is 5.42. The molecule has 27 heavy (non-hydrogen) atoms. The first-order valence-corrected chi connectivity index (χ1v) is 9.49. The van der Waals surface area contributed by atoms with Crippen molar-refractivity contribution in [3.63, 3.8) is 0 Å². The first kappa shape index (κ1) is 17.6. The molecule has 2 N–H and O–H groups in total. The predicted molar refractivity (Wildman–Crippen MR) is 107 cm³/mol. The molecule has 2 heterocycles. The minimum absolute atomic E-state index is 0.282. The van der Waals surface area contributed by atoms with Gasteiger partial charge in [-0.1, -0.05) is 18.2 Å². The summed E-state index contributed by atoms with van der Waals surface area (Å²) < 4.78 is 11.8. The molecule has 0 saturated carbocycles. The molecule has 0 radical (unpaired) electrons. The molecule has 4 rings (SSSR count). The van der Waals surface area contributed by atoms with E-state index in [1.807, 2.05) is 42.5 Å². The molecule has 7 nitrogen and oxygen atoms in total. The van der Waals surface area contributed by atoms with E-state index < -0.39 is 0 Å². The number of benzene rings is 2. The van der Waals surface area contributed by atoms with Crippen molar-refractivity contribution >= 4 is 38.8 Å². The van der Waals surface area contributed by atoms with Crippen LogP contribution < -0.4 is 20.5 Å². The molecule has 1 fully saturated rings. The average Bonchev–Trinajstić information content (AvgIpc) is 3.18. The normalized spacial score (nSPS) is 14.2. The monoisotopic (exact) mass is 384 g/mol. The number of amides is 1. The van der Waals surface area contributed by atoms with Crippen LogP contribution in [0.3, 0.4) is 0 Å². The lowest BCUT2D eigenvalue weighted by atomic mass is 10.2. The number of carbonyl (C=O) groups is 1. The van der Waals surface area contributed by atoms with Gasteiger partial charge < -0.3 is 14.4 Å². The van der Waals surface area contributed by atoms with Crippen LogP contribution in [0, 0.1) is 0 Å². The fourth-order valence-electron chi connectivity index (χ4n) is 2.99. The van der Waals surface area contributed by atoms with Crippen molar-refractivity contribution in [2.45, 2.75) is 0 Å². The second-order valence-electron chi connectivity index (χ2n) is 6.03. The van der Waals surface area contributed by atoms with E-state index in [0.29, 0.717) is 29.5 Å². The largest absolute Gasteiger partial charge is 0.494 e. The highest BCUT2D eigenvalue weighted by atomic mass is 32.1. The molecule has 1 saturated heterocycles. The van der Waals surface area contributed by atoms with E-state index in [0.717, 1.165) is 29.2 Å². The summed E-state index contributed by atoms with van der Waals surface area (Å²) in [5.41, 5.74) is 8.17. The van der Waals surface area contributed by atoms with Crippen molar-refractivity contribution in [1.82, 2.24) is 10.4 Å². The molecule has 0 atom stereocenters. The number of nitrogens with one attached hydrogen (secondary N) is 2. The number of morpholine rings is 1. The van der Waals surface area contributed by atoms with E-state index >= 15 is 0 Å². The standard InChI is InChI=1S/C19H20N4O3S/c1-25-15-8-7-14(23-9-11-26-12-10-23)17-16(15)20-19(27-17)18(24)22-21-13-5-3-2-4-6-13/h2-8,21H,9-12H2,1H3,(H,22,24). The molecule has 1 aromatic heterocycles. The Bertz CT molecular complexity index is 939. The number of nitrogens with zero attached hydrogens (tertiary/aromatic N) is 2. The van der Waals surface area contributed by atoms with Gasteiger partial charge >= 0.3 is 0 Å². The van der Waals surface area contributed by atoms with E-state index in [9.17, 15) is 4.79 Å². The van der Waals surface area contributed by atoms with Crippen LogP contribution in [-0.2, 0) is 4.74 Å². The Morgan fingerprint density at radius 3 is 2.70 bits per heavy atom. The van der Waals surface area contributed by atoms with Crippen molar-refractivity contribution in [2.24, 2.45) is 0 Å². The second-order valence-corrected chi connectivity index (χ2v) is 7.03. The third kappa shape index (κ3) is 3.67. The minimum atomic E-state index is -0.282. The number of rotatable bonds is 5. The zero-order chi connectivity index (χ0) is 18.6. The summed E-state index contributed by atoms with van der Waals surface area (Å²) in [5.74, 6) is 0.378. The zero-order valence-corrected chi connectivity index (χ0v) is 15.7. The van der Waals surface area contributed by atoms with Crippen LogP contribution in [0.4, 0.5) is 11.4 Å². The topological polar surface area (TPSA) is 75.7 Å². The quantitative estimate of drug-likeness (QED) is 0.659. The van der Waals surface area contributed by atoms with E-state index in [2.05, 4.69) is 20.7 Å². The number of para-hydroxylation sites is 1. The van der Waals surface area contributed by atoms with Crippen LogP contribution in [0.15, 0.2) is 42.5 Å². The van der Waals surface area contributed by atoms with Gasteiger partial charge in [0.25, 0.3) is 5.91 Å². The number of methoxy groups -OCH3 is 1. The highest BCUT2D eigenvalue weighted by molar-refractivity contribution is 7.21. The molecule has 0 unspecified atom stereocenters. The van der Waals surface area contributed by atoms with Gasteiger partial charge in [-0.05, 0) is 24.3 Å². The number of fused-ring (bicyclic) bond motifs is 1. The van der Waals surface area contributed by atoms with Gasteiger partial charge in [-0.3, -0.25) is 15.6 Å². The van der Waals surface area contributed by atoms with Gasteiger partial charge in [0.2, 0.25) is 0 Å². The van der Waals surface area contributed by atoms with Crippen LogP contribution in [0.5, 0.6) is 5.75 Å². The highest BCUT2D eigenvalue weighted by Gasteiger charge is 2.21. The molecule has 3 aromatic rings. The van der Waals surface area contributed by atoms with E-state index in [-0.39, 0.29) is 5.91 Å². The summed E-state index contributed by atoms with van der Waals surface area (Å²) in [7, 11) is 1.61. The number of thiazole rings is 1. The van der Waals surface area contributed by atoms with Gasteiger partial charge in [0.05, 0.1) is 36.4 Å². The maximum atomic E-state index is 12.6. The summed E-state index contributed by atoms with van der Waals surface area (Å²) in [6.45, 7) is 3.02. The Hall–Kier alpha value is -2.84. The van der Waals surface area contributed by atoms with Crippen molar-refractivity contribution in [3.8, 4) is 5.75 Å². The lowest BCUT2D eigenvalue weighted by Crippen LogP contribution is -2.36. The molecule has 0 spiro atoms. The molecule has 140 valence electrons. The number of hydrogen-bond acceptors (Lipinski definition) is 7. The van der Waals surface area contributed by atoms with Crippen LogP contribution >= 0.6 is 11.3 Å². The minimum Gasteiger partial charge on any atom is -0.494 e. The van der Waals surface area contributed by atoms with Crippen molar-refractivity contribution in [3.05, 3.63) is 47.5 Å². The van der Waals surface area contributed by atoms with Crippen LogP contribution in [0.1, 0.15) is 9.80 Å². The van der Waals surface area contributed by atoms with Gasteiger partial charge in [-0.15, -0.1) is 11.3 Å². The molecule has 0 aliphatic carbocycles. The first-order chi connectivity index (χ1) is 13.3. The lowest BCUT2D eigenvalue weighted by molar-refractivity contribution is 0.0962. The number of carbonyl (C=O) groups excluding carboxylic acids is 1. The van der Waals surface area contributed by atoms with Gasteiger partial charge in [-0.2, -0.15) is 0 Å². The number of ether oxygens (including phenoxy) is 2. The molecule has 1 amide bonds. The maximum absolute atomic E-state index is 12.6. The molecule has 1 aliphatic rings. The SMILES string of the molecule is COc1ccc(N2CCOCC2)c2sc(C(=O)NNc3ccccc3)nc12. The van der Waals surface area contributed by atoms with Gasteiger partial charge in [0.15, 0.2) is 5.01 Å². The number of aromatic nitrogens is 1. The Morgan fingerprint density at radius 1 is 1.19 bits per heavy atom. The van der Waals surface area contributed by atoms with Gasteiger partial charge in [0.1, 0.15) is 11.3 Å². The zero-order valence-electron chi connectivity index (χ0n) is 14.9. The van der Waals surface area contributed by atoms with E-state index in [1.54, 1.807) is 7.11 Å². The molecular weight excluding hydrogens is 364 g/mol. The number of hydrazine groups is 1. The van der Waals surface area contributed by atoms with E-state index in [1.165, 1.54) is 11.3 Å². The highest BCUT2D eigenvalue weighted by Crippen LogP contribution is 2.37. The van der Waals surface area contributed by atoms with Crippen molar-refractivity contribution in [2.75, 3.05) is 43.7 Å². The fourth-order valence-corrected chi connectivity index (χ4v) is 4.01. The predicted octanol–water partition coefficient (Wildman–Crippen LogP) is 2.90. The third-order valence-electron chi connectivity index (χ3n) is 4.35. The van der Waals surface area contributed by atoms with Gasteiger partial charge in [0, 0.05) is 13.1 Å². The van der Waals surface area contributed by atoms with Gasteiger partial charge in [-0.25, -0.2) is 4.98 Å². The second kappa shape index (κ2) is 7.81. The average molecular weight is 384 g/mol. The smallest absolute Gasteiger partial charge is 0.298 e. The molecule has 2 aromatic carbocycles. The lowest BCUT2D eigenvalue weighted by Gasteiger charge is -2.29. The fraction of sp³-hybridized carbons (Fsp3) is 0.263. The Balaban J connectivity index is 1.62. The molecular formula is C19H20N4O3S. The maximum Gasteiger partial charge on any atom is 0.298 e. The van der Waals surface area contributed by atoms with Crippen LogP contribution in [0.25, 0.3) is 10.2 Å². The van der Waals surface area contributed by atoms with Crippen molar-refractivity contribution in [1.29, 1.82) is 0 Å². The Labute approximate surface area is 160 Å². The number of hydrogen-bond donors (Lipinski definition) is 2. The Kier molecular flexibility index (Phi) is 5.08. The summed E-state index contributed by atoms with van der Waals surface area (Å²) in [6, 6.07) is 13.4. The van der Waals surface area contributed by atoms with Crippen LogP contribution in [-0.4, -0.2) is 44.3 Å². The number of anilines is 2. The first-order valence-electron chi connectivity index (χ1n) is 8.68. The summed E-state index contributed by atoms with van der Waals surface area (Å²) in [6.07, 6.45) is 0. The van der Waals surface area contributed by atoms with Crippen LogP contribution in [0.2, 0.25) is 0 Å². The summed E-state index contributed by atoms with van der Waals surface area (Å²) in [5, 5.41) is 0.382. The summed E-state index contributed by atoms with van der Waals surface area (Å²) in [4.78, 5) is 19.4. The Morgan fingerprint density at radius 2 is 1.96 bits per heavy atom. The molecule has 8 heteroatoms.